The highest BCUT2D eigenvalue weighted by molar-refractivity contribution is 6.35. The van der Waals surface area contributed by atoms with E-state index in [9.17, 15) is 5.11 Å². The van der Waals surface area contributed by atoms with E-state index in [-0.39, 0.29) is 11.5 Å². The molecule has 150 valence electrons. The summed E-state index contributed by atoms with van der Waals surface area (Å²) in [7, 11) is 0. The van der Waals surface area contributed by atoms with Crippen molar-refractivity contribution in [3.05, 3.63) is 75.5 Å². The smallest absolute Gasteiger partial charge is 0.221 e. The SMILES string of the molecule is CC1(C)CC(O)=C[C@]2(C1)Oc1c(Cl)cc(Cl)cc1[C@H]1CC(c3ccccc3)=NN12. The van der Waals surface area contributed by atoms with Crippen LogP contribution in [0.15, 0.2) is 59.4 Å². The van der Waals surface area contributed by atoms with Crippen LogP contribution in [0.5, 0.6) is 5.75 Å². The summed E-state index contributed by atoms with van der Waals surface area (Å²) >= 11 is 12.9. The van der Waals surface area contributed by atoms with Crippen molar-refractivity contribution in [3.8, 4) is 5.75 Å². The summed E-state index contributed by atoms with van der Waals surface area (Å²) in [6, 6.07) is 13.7. The molecule has 2 aliphatic heterocycles. The summed E-state index contributed by atoms with van der Waals surface area (Å²) < 4.78 is 6.54. The molecule has 5 rings (SSSR count). The van der Waals surface area contributed by atoms with Crippen LogP contribution in [0.4, 0.5) is 0 Å². The maximum atomic E-state index is 10.6. The highest BCUT2D eigenvalue weighted by atomic mass is 35.5. The molecular formula is C23H22Cl2N2O2. The third kappa shape index (κ3) is 3.10. The average molecular weight is 429 g/mol. The summed E-state index contributed by atoms with van der Waals surface area (Å²) in [6.07, 6.45) is 3.81. The first kappa shape index (κ1) is 18.8. The van der Waals surface area contributed by atoms with Gasteiger partial charge < -0.3 is 9.84 Å². The van der Waals surface area contributed by atoms with Crippen molar-refractivity contribution in [2.24, 2.45) is 10.5 Å². The molecule has 2 aromatic carbocycles. The standard InChI is InChI=1S/C23H22Cl2N2O2/c1-22(2)11-16(28)12-23(13-22)27-20(10-19(26-27)14-6-4-3-5-7-14)17-8-15(24)9-18(25)21(17)29-23/h3-9,12,20,28H,10-11,13H2,1-2H3/t20-,23-/m1/s1. The van der Waals surface area contributed by atoms with Gasteiger partial charge in [0.1, 0.15) is 5.75 Å². The van der Waals surface area contributed by atoms with Crippen LogP contribution in [-0.2, 0) is 0 Å². The number of aliphatic hydroxyl groups is 1. The highest BCUT2D eigenvalue weighted by Crippen LogP contribution is 2.55. The first-order chi connectivity index (χ1) is 13.8. The van der Waals surface area contributed by atoms with Crippen LogP contribution in [0.2, 0.25) is 10.0 Å². The minimum Gasteiger partial charge on any atom is -0.512 e. The third-order valence-corrected chi connectivity index (χ3v) is 6.36. The Bertz CT molecular complexity index is 1050. The van der Waals surface area contributed by atoms with Gasteiger partial charge in [0, 0.05) is 35.9 Å². The molecule has 2 heterocycles. The van der Waals surface area contributed by atoms with Gasteiger partial charge in [0.15, 0.2) is 0 Å². The number of aliphatic hydroxyl groups excluding tert-OH is 1. The lowest BCUT2D eigenvalue weighted by atomic mass is 9.75. The van der Waals surface area contributed by atoms with E-state index in [1.807, 2.05) is 29.3 Å². The highest BCUT2D eigenvalue weighted by Gasteiger charge is 2.54. The van der Waals surface area contributed by atoms with E-state index in [0.717, 1.165) is 16.8 Å². The number of nitrogens with zero attached hydrogens (tertiary/aromatic N) is 2. The van der Waals surface area contributed by atoms with Gasteiger partial charge in [0.2, 0.25) is 5.72 Å². The summed E-state index contributed by atoms with van der Waals surface area (Å²) in [5.41, 5.74) is 1.95. The molecular weight excluding hydrogens is 407 g/mol. The number of hydrogen-bond acceptors (Lipinski definition) is 4. The first-order valence-corrected chi connectivity index (χ1v) is 10.5. The van der Waals surface area contributed by atoms with Gasteiger partial charge in [-0.15, -0.1) is 0 Å². The molecule has 3 aliphatic rings. The molecule has 0 amide bonds. The molecule has 29 heavy (non-hydrogen) atoms. The predicted octanol–water partition coefficient (Wildman–Crippen LogP) is 6.50. The van der Waals surface area contributed by atoms with Crippen LogP contribution in [0.3, 0.4) is 0 Å². The number of ether oxygens (including phenoxy) is 1. The lowest BCUT2D eigenvalue weighted by Crippen LogP contribution is -2.56. The molecule has 4 nitrogen and oxygen atoms in total. The molecule has 2 atom stereocenters. The summed E-state index contributed by atoms with van der Waals surface area (Å²) in [5, 5.41) is 18.6. The number of fused-ring (bicyclic) bond motifs is 4. The van der Waals surface area contributed by atoms with Crippen LogP contribution < -0.4 is 4.74 Å². The van der Waals surface area contributed by atoms with Crippen LogP contribution in [0.25, 0.3) is 0 Å². The molecule has 0 saturated carbocycles. The Balaban J connectivity index is 1.70. The zero-order chi connectivity index (χ0) is 20.4. The number of hydrazone groups is 1. The third-order valence-electron chi connectivity index (χ3n) is 5.86. The minimum absolute atomic E-state index is 0.0666. The van der Waals surface area contributed by atoms with Crippen LogP contribution in [0.1, 0.15) is 50.3 Å². The molecule has 0 radical (unpaired) electrons. The molecule has 2 aromatic rings. The number of benzene rings is 2. The number of hydrogen-bond donors (Lipinski definition) is 1. The van der Waals surface area contributed by atoms with E-state index in [1.165, 1.54) is 0 Å². The Morgan fingerprint density at radius 3 is 2.66 bits per heavy atom. The Labute approximate surface area is 180 Å². The largest absolute Gasteiger partial charge is 0.512 e. The summed E-state index contributed by atoms with van der Waals surface area (Å²) in [5.74, 6) is 0.945. The normalized spacial score (nSPS) is 27.0. The van der Waals surface area contributed by atoms with Crippen LogP contribution >= 0.6 is 23.2 Å². The van der Waals surface area contributed by atoms with E-state index < -0.39 is 5.72 Å². The second-order valence-electron chi connectivity index (χ2n) is 8.88. The van der Waals surface area contributed by atoms with Crippen molar-refractivity contribution in [2.45, 2.75) is 44.9 Å². The second-order valence-corrected chi connectivity index (χ2v) is 9.73. The van der Waals surface area contributed by atoms with Gasteiger partial charge in [-0.25, -0.2) is 5.01 Å². The Morgan fingerprint density at radius 2 is 1.93 bits per heavy atom. The van der Waals surface area contributed by atoms with Gasteiger partial charge in [-0.2, -0.15) is 5.10 Å². The number of allylic oxidation sites excluding steroid dienone is 1. The van der Waals surface area contributed by atoms with Gasteiger partial charge >= 0.3 is 0 Å². The number of halogens is 2. The summed E-state index contributed by atoms with van der Waals surface area (Å²) in [6.45, 7) is 4.26. The Hall–Kier alpha value is -2.17. The van der Waals surface area contributed by atoms with E-state index in [0.29, 0.717) is 40.8 Å². The van der Waals surface area contributed by atoms with E-state index >= 15 is 0 Å². The molecule has 1 spiro atoms. The lowest BCUT2D eigenvalue weighted by molar-refractivity contribution is -0.115. The molecule has 0 fully saturated rings. The molecule has 1 N–H and O–H groups in total. The molecule has 6 heteroatoms. The topological polar surface area (TPSA) is 45.1 Å². The average Bonchev–Trinajstić information content (AvgIpc) is 3.09. The van der Waals surface area contributed by atoms with Crippen LogP contribution in [-0.4, -0.2) is 21.6 Å². The fourth-order valence-corrected chi connectivity index (χ4v) is 5.43. The van der Waals surface area contributed by atoms with Gasteiger partial charge in [-0.3, -0.25) is 0 Å². The van der Waals surface area contributed by atoms with Crippen molar-refractivity contribution in [3.63, 3.8) is 0 Å². The predicted molar refractivity (Wildman–Crippen MR) is 116 cm³/mol. The lowest BCUT2D eigenvalue weighted by Gasteiger charge is -2.51. The van der Waals surface area contributed by atoms with Crippen LogP contribution in [0, 0.1) is 5.41 Å². The van der Waals surface area contributed by atoms with Gasteiger partial charge in [0.25, 0.3) is 0 Å². The second kappa shape index (κ2) is 6.41. The minimum atomic E-state index is -0.891. The van der Waals surface area contributed by atoms with Crippen molar-refractivity contribution in [2.75, 3.05) is 0 Å². The molecule has 0 saturated heterocycles. The number of rotatable bonds is 1. The maximum absolute atomic E-state index is 10.6. The van der Waals surface area contributed by atoms with Gasteiger partial charge in [-0.1, -0.05) is 67.4 Å². The Kier molecular flexibility index (Phi) is 4.17. The van der Waals surface area contributed by atoms with Crippen molar-refractivity contribution in [1.29, 1.82) is 0 Å². The first-order valence-electron chi connectivity index (χ1n) is 9.77. The zero-order valence-electron chi connectivity index (χ0n) is 16.3. The molecule has 1 aliphatic carbocycles. The fraction of sp³-hybridized carbons (Fsp3) is 0.348. The van der Waals surface area contributed by atoms with Crippen molar-refractivity contribution < 1.29 is 9.84 Å². The zero-order valence-corrected chi connectivity index (χ0v) is 17.8. The molecule has 0 unspecified atom stereocenters. The van der Waals surface area contributed by atoms with Crippen molar-refractivity contribution in [1.82, 2.24) is 5.01 Å². The van der Waals surface area contributed by atoms with E-state index in [1.54, 1.807) is 12.1 Å². The Morgan fingerprint density at radius 1 is 1.17 bits per heavy atom. The van der Waals surface area contributed by atoms with Crippen molar-refractivity contribution >= 4 is 28.9 Å². The summed E-state index contributed by atoms with van der Waals surface area (Å²) in [4.78, 5) is 0. The molecule has 0 bridgehead atoms. The fourth-order valence-electron chi connectivity index (χ4n) is 4.88. The quantitative estimate of drug-likeness (QED) is 0.563. The van der Waals surface area contributed by atoms with E-state index in [2.05, 4.69) is 26.0 Å². The molecule has 0 aromatic heterocycles. The maximum Gasteiger partial charge on any atom is 0.221 e. The monoisotopic (exact) mass is 428 g/mol. The van der Waals surface area contributed by atoms with E-state index in [4.69, 9.17) is 33.0 Å². The van der Waals surface area contributed by atoms with Gasteiger partial charge in [0.05, 0.1) is 22.5 Å². The van der Waals surface area contributed by atoms with Gasteiger partial charge in [-0.05, 0) is 23.1 Å².